The molecule has 0 aromatic heterocycles. The van der Waals surface area contributed by atoms with Crippen molar-refractivity contribution < 1.29 is 18.6 Å². The highest BCUT2D eigenvalue weighted by atomic mass is 28.4. The molecule has 2 aliphatic heterocycles. The van der Waals surface area contributed by atoms with E-state index in [1.807, 2.05) is 0 Å². The number of epoxide rings is 1. The van der Waals surface area contributed by atoms with Gasteiger partial charge in [0.05, 0.1) is 18.3 Å². The highest BCUT2D eigenvalue weighted by Crippen LogP contribution is 2.71. The second kappa shape index (κ2) is 6.09. The third-order valence-corrected chi connectivity index (χ3v) is 13.9. The van der Waals surface area contributed by atoms with Crippen LogP contribution < -0.4 is 0 Å². The molecule has 2 saturated heterocycles. The molecule has 3 aliphatic carbocycles. The highest BCUT2D eigenvalue weighted by molar-refractivity contribution is 6.74. The first kappa shape index (κ1) is 20.9. The normalized spacial score (nSPS) is 50.9. The molecule has 29 heavy (non-hydrogen) atoms. The van der Waals surface area contributed by atoms with Crippen LogP contribution in [-0.2, 0) is 18.6 Å². The van der Waals surface area contributed by atoms with Crippen LogP contribution in [-0.4, -0.2) is 44.1 Å². The zero-order chi connectivity index (χ0) is 21.0. The predicted molar refractivity (Wildman–Crippen MR) is 116 cm³/mol. The lowest BCUT2D eigenvalue weighted by Gasteiger charge is -2.52. The molecule has 0 N–H and O–H groups in total. The van der Waals surface area contributed by atoms with Crippen LogP contribution in [0.4, 0.5) is 0 Å². The van der Waals surface area contributed by atoms with Crippen LogP contribution in [0.25, 0.3) is 0 Å². The first-order valence-electron chi connectivity index (χ1n) is 12.0. The molecule has 5 rings (SSSR count). The summed E-state index contributed by atoms with van der Waals surface area (Å²) < 4.78 is 27.5. The Morgan fingerprint density at radius 2 is 1.79 bits per heavy atom. The second-order valence-electron chi connectivity index (χ2n) is 12.8. The Bertz CT molecular complexity index is 685. The quantitative estimate of drug-likeness (QED) is 0.425. The number of hydrogen-bond acceptors (Lipinski definition) is 4. The summed E-state index contributed by atoms with van der Waals surface area (Å²) in [5, 5.41) is 0.210. The van der Waals surface area contributed by atoms with Crippen LogP contribution in [0.15, 0.2) is 0 Å². The number of rotatable bonds is 2. The van der Waals surface area contributed by atoms with Gasteiger partial charge in [-0.3, -0.25) is 0 Å². The van der Waals surface area contributed by atoms with Crippen LogP contribution in [0.3, 0.4) is 0 Å². The van der Waals surface area contributed by atoms with Gasteiger partial charge in [-0.1, -0.05) is 40.5 Å². The van der Waals surface area contributed by atoms with E-state index in [1.165, 1.54) is 25.7 Å². The average molecular weight is 423 g/mol. The fraction of sp³-hybridized carbons (Fsp3) is 1.00. The van der Waals surface area contributed by atoms with Gasteiger partial charge in [0.15, 0.2) is 14.1 Å². The summed E-state index contributed by atoms with van der Waals surface area (Å²) in [6, 6.07) is 0. The van der Waals surface area contributed by atoms with E-state index < -0.39 is 14.1 Å². The van der Waals surface area contributed by atoms with Crippen LogP contribution in [0.1, 0.15) is 80.1 Å². The standard InChI is InChI=1S/C24H42O4Si/c1-15-14-23-12-10-9-11-16(19(23)27-29(7,8)21(2,3)4)13-17-20(25-17)24(23)18(15)26-22(5,6)28-24/h15-20H,9-14H2,1-8H3/t15-,16+,17+,18+,19+,20+,23-,24-/m1/s1. The Morgan fingerprint density at radius 1 is 1.07 bits per heavy atom. The molecule has 2 spiro atoms. The van der Waals surface area contributed by atoms with Gasteiger partial charge in [-0.25, -0.2) is 0 Å². The van der Waals surface area contributed by atoms with Gasteiger partial charge in [0.1, 0.15) is 11.7 Å². The Balaban J connectivity index is 1.65. The minimum absolute atomic E-state index is 0.0114. The summed E-state index contributed by atoms with van der Waals surface area (Å²) in [7, 11) is -1.92. The monoisotopic (exact) mass is 422 g/mol. The maximum Gasteiger partial charge on any atom is 0.192 e. The van der Waals surface area contributed by atoms with Gasteiger partial charge in [0.2, 0.25) is 0 Å². The number of hydrogen-bond donors (Lipinski definition) is 0. The fourth-order valence-corrected chi connectivity index (χ4v) is 8.73. The Labute approximate surface area is 178 Å². The SMILES string of the molecule is C[C@@H]1C[C@@]23CCCC[C@@H](C[C@@H]4O[C@@H]4[C@@]24OC(C)(C)O[C@@H]14)[C@@H]3O[Si](C)(C)C(C)(C)C. The van der Waals surface area contributed by atoms with E-state index >= 15 is 0 Å². The second-order valence-corrected chi connectivity index (χ2v) is 17.6. The Hall–Kier alpha value is 0.0569. The van der Waals surface area contributed by atoms with E-state index in [4.69, 9.17) is 18.6 Å². The van der Waals surface area contributed by atoms with Gasteiger partial charge < -0.3 is 18.6 Å². The summed E-state index contributed by atoms with van der Waals surface area (Å²) >= 11 is 0. The molecule has 166 valence electrons. The zero-order valence-corrected chi connectivity index (χ0v) is 20.8. The molecule has 4 nitrogen and oxygen atoms in total. The van der Waals surface area contributed by atoms with Crippen molar-refractivity contribution >= 4 is 8.32 Å². The van der Waals surface area contributed by atoms with Crippen LogP contribution >= 0.6 is 0 Å². The molecule has 0 unspecified atom stereocenters. The Morgan fingerprint density at radius 3 is 2.48 bits per heavy atom. The lowest BCUT2D eigenvalue weighted by molar-refractivity contribution is -0.221. The van der Waals surface area contributed by atoms with E-state index in [9.17, 15) is 0 Å². The third kappa shape index (κ3) is 2.76. The minimum Gasteiger partial charge on any atom is -0.413 e. The zero-order valence-electron chi connectivity index (χ0n) is 19.8. The molecule has 2 bridgehead atoms. The maximum atomic E-state index is 7.41. The predicted octanol–water partition coefficient (Wildman–Crippen LogP) is 5.65. The van der Waals surface area contributed by atoms with Crippen molar-refractivity contribution in [2.45, 2.75) is 134 Å². The summed E-state index contributed by atoms with van der Waals surface area (Å²) in [5.41, 5.74) is -0.329. The van der Waals surface area contributed by atoms with Gasteiger partial charge in [0.25, 0.3) is 0 Å². The lowest BCUT2D eigenvalue weighted by atomic mass is 9.64. The van der Waals surface area contributed by atoms with Crippen molar-refractivity contribution in [2.75, 3.05) is 0 Å². The van der Waals surface area contributed by atoms with E-state index in [1.54, 1.807) is 0 Å². The van der Waals surface area contributed by atoms with Gasteiger partial charge in [0, 0.05) is 5.41 Å². The van der Waals surface area contributed by atoms with Crippen molar-refractivity contribution in [1.82, 2.24) is 0 Å². The van der Waals surface area contributed by atoms with Crippen molar-refractivity contribution in [3.05, 3.63) is 0 Å². The van der Waals surface area contributed by atoms with E-state index in [0.717, 1.165) is 12.8 Å². The molecular weight excluding hydrogens is 380 g/mol. The minimum atomic E-state index is -1.92. The summed E-state index contributed by atoms with van der Waals surface area (Å²) in [6.45, 7) is 18.5. The highest BCUT2D eigenvalue weighted by Gasteiger charge is 2.81. The van der Waals surface area contributed by atoms with Crippen molar-refractivity contribution in [2.24, 2.45) is 17.3 Å². The molecule has 5 fully saturated rings. The van der Waals surface area contributed by atoms with Gasteiger partial charge in [-0.2, -0.15) is 0 Å². The topological polar surface area (TPSA) is 40.2 Å². The molecule has 5 heteroatoms. The molecule has 8 atom stereocenters. The first-order chi connectivity index (χ1) is 13.3. The largest absolute Gasteiger partial charge is 0.413 e. The van der Waals surface area contributed by atoms with Gasteiger partial charge in [-0.15, -0.1) is 0 Å². The van der Waals surface area contributed by atoms with Gasteiger partial charge in [-0.05, 0) is 69.5 Å². The number of ether oxygens (including phenoxy) is 3. The molecule has 5 aliphatic rings. The fourth-order valence-electron chi connectivity index (χ4n) is 7.32. The van der Waals surface area contributed by atoms with E-state index in [-0.39, 0.29) is 34.4 Å². The smallest absolute Gasteiger partial charge is 0.192 e. The molecule has 0 aromatic carbocycles. The van der Waals surface area contributed by atoms with Crippen molar-refractivity contribution in [1.29, 1.82) is 0 Å². The molecular formula is C24H42O4Si. The van der Waals surface area contributed by atoms with E-state index in [2.05, 4.69) is 54.6 Å². The summed E-state index contributed by atoms with van der Waals surface area (Å²) in [4.78, 5) is 0. The first-order valence-corrected chi connectivity index (χ1v) is 15.0. The number of fused-ring (bicyclic) bond motifs is 2. The molecule has 0 amide bonds. The summed E-state index contributed by atoms with van der Waals surface area (Å²) in [5.74, 6) is 0.513. The van der Waals surface area contributed by atoms with Crippen molar-refractivity contribution in [3.63, 3.8) is 0 Å². The average Bonchev–Trinajstić information content (AvgIpc) is 3.27. The van der Waals surface area contributed by atoms with Crippen LogP contribution in [0.2, 0.25) is 18.1 Å². The molecule has 3 saturated carbocycles. The maximum absolute atomic E-state index is 7.41. The molecule has 2 heterocycles. The van der Waals surface area contributed by atoms with E-state index in [0.29, 0.717) is 17.9 Å². The summed E-state index contributed by atoms with van der Waals surface area (Å²) in [6.07, 6.45) is 8.24. The molecule has 0 radical (unpaired) electrons. The van der Waals surface area contributed by atoms with Crippen LogP contribution in [0.5, 0.6) is 0 Å². The Kier molecular flexibility index (Phi) is 4.40. The lowest BCUT2D eigenvalue weighted by Crippen LogP contribution is -2.62. The molecule has 0 aromatic rings. The van der Waals surface area contributed by atoms with Crippen LogP contribution in [0, 0.1) is 17.3 Å². The van der Waals surface area contributed by atoms with Gasteiger partial charge >= 0.3 is 0 Å². The third-order valence-electron chi connectivity index (χ3n) is 9.42. The van der Waals surface area contributed by atoms with Crippen molar-refractivity contribution in [3.8, 4) is 0 Å².